The fourth-order valence-electron chi connectivity index (χ4n) is 5.54. The number of aliphatic imine (C=N–C) groups is 2. The fourth-order valence-corrected chi connectivity index (χ4v) is 6.36. The molecular formula is C33H30N6S. The van der Waals surface area contributed by atoms with Gasteiger partial charge in [-0.1, -0.05) is 61.9 Å². The van der Waals surface area contributed by atoms with Crippen LogP contribution in [0.25, 0.3) is 5.69 Å². The molecule has 4 heterocycles. The second-order valence-electron chi connectivity index (χ2n) is 10.2. The Labute approximate surface area is 238 Å². The summed E-state index contributed by atoms with van der Waals surface area (Å²) in [7, 11) is 0. The number of anilines is 2. The molecule has 2 aliphatic heterocycles. The normalized spacial score (nSPS) is 15.6. The van der Waals surface area contributed by atoms with Crippen LogP contribution >= 0.6 is 11.3 Å². The van der Waals surface area contributed by atoms with Crippen molar-refractivity contribution in [2.75, 3.05) is 10.2 Å². The van der Waals surface area contributed by atoms with Crippen LogP contribution in [0.4, 0.5) is 22.9 Å². The molecule has 0 aliphatic carbocycles. The van der Waals surface area contributed by atoms with Gasteiger partial charge < -0.3 is 10.2 Å². The first-order chi connectivity index (χ1) is 19.7. The number of nitrogens with zero attached hydrogens (tertiary/aromatic N) is 5. The van der Waals surface area contributed by atoms with Crippen LogP contribution in [0.1, 0.15) is 47.5 Å². The Kier molecular flexibility index (Phi) is 6.28. The van der Waals surface area contributed by atoms with E-state index in [2.05, 4.69) is 96.2 Å². The van der Waals surface area contributed by atoms with Gasteiger partial charge in [-0.3, -0.25) is 0 Å². The number of benzene rings is 3. The zero-order valence-corrected chi connectivity index (χ0v) is 23.4. The van der Waals surface area contributed by atoms with Crippen molar-refractivity contribution < 1.29 is 0 Å². The molecule has 7 heteroatoms. The van der Waals surface area contributed by atoms with Gasteiger partial charge in [-0.2, -0.15) is 5.10 Å². The molecular weight excluding hydrogens is 512 g/mol. The van der Waals surface area contributed by atoms with Crippen LogP contribution < -0.4 is 10.2 Å². The maximum Gasteiger partial charge on any atom is 0.179 e. The van der Waals surface area contributed by atoms with Crippen LogP contribution in [-0.4, -0.2) is 21.5 Å². The molecule has 5 aromatic rings. The monoisotopic (exact) mass is 542 g/mol. The lowest BCUT2D eigenvalue weighted by molar-refractivity contribution is 0.795. The van der Waals surface area contributed by atoms with Crippen molar-refractivity contribution >= 4 is 45.9 Å². The summed E-state index contributed by atoms with van der Waals surface area (Å²) in [5, 5.41) is 10.8. The number of fused-ring (bicyclic) bond motifs is 4. The molecule has 0 spiro atoms. The van der Waals surface area contributed by atoms with E-state index in [4.69, 9.17) is 15.1 Å². The second-order valence-corrected chi connectivity index (χ2v) is 11.1. The van der Waals surface area contributed by atoms with Gasteiger partial charge in [0.15, 0.2) is 17.5 Å². The van der Waals surface area contributed by atoms with Gasteiger partial charge in [0, 0.05) is 16.1 Å². The highest BCUT2D eigenvalue weighted by atomic mass is 32.1. The van der Waals surface area contributed by atoms with E-state index in [-0.39, 0.29) is 6.04 Å². The number of rotatable bonds is 6. The molecule has 1 unspecified atom stereocenters. The lowest BCUT2D eigenvalue weighted by atomic mass is 9.98. The highest BCUT2D eigenvalue weighted by Crippen LogP contribution is 2.49. The van der Waals surface area contributed by atoms with E-state index < -0.39 is 0 Å². The van der Waals surface area contributed by atoms with Gasteiger partial charge in [-0.05, 0) is 73.2 Å². The summed E-state index contributed by atoms with van der Waals surface area (Å²) >= 11 is 1.76. The Hall–Kier alpha value is -4.49. The van der Waals surface area contributed by atoms with Crippen LogP contribution in [0.2, 0.25) is 0 Å². The van der Waals surface area contributed by atoms with Crippen molar-refractivity contribution in [1.82, 2.24) is 9.78 Å². The Balaban J connectivity index is 1.40. The van der Waals surface area contributed by atoms with Crippen molar-refractivity contribution in [3.05, 3.63) is 118 Å². The van der Waals surface area contributed by atoms with Crippen molar-refractivity contribution in [1.29, 1.82) is 0 Å². The molecule has 198 valence electrons. The second kappa shape index (κ2) is 10.2. The molecule has 40 heavy (non-hydrogen) atoms. The summed E-state index contributed by atoms with van der Waals surface area (Å²) in [6, 6.07) is 31.5. The Morgan fingerprint density at radius 3 is 2.45 bits per heavy atom. The zero-order valence-electron chi connectivity index (χ0n) is 22.6. The third-order valence-electron chi connectivity index (χ3n) is 7.49. The fraction of sp³-hybridized carbons (Fsp3) is 0.182. The van der Waals surface area contributed by atoms with E-state index in [1.807, 2.05) is 28.9 Å². The number of hydrogen-bond acceptors (Lipinski definition) is 6. The Morgan fingerprint density at radius 1 is 0.875 bits per heavy atom. The molecule has 2 aliphatic rings. The average molecular weight is 543 g/mol. The molecule has 6 nitrogen and oxygen atoms in total. The third-order valence-corrected chi connectivity index (χ3v) is 8.41. The summed E-state index contributed by atoms with van der Waals surface area (Å²) in [6.07, 6.45) is 3.49. The highest BCUT2D eigenvalue weighted by molar-refractivity contribution is 7.10. The number of aryl methyl sites for hydroxylation is 2. The van der Waals surface area contributed by atoms with Gasteiger partial charge in [0.2, 0.25) is 0 Å². The van der Waals surface area contributed by atoms with E-state index in [0.717, 1.165) is 57.9 Å². The van der Waals surface area contributed by atoms with Crippen molar-refractivity contribution in [3.63, 3.8) is 0 Å². The quantitative estimate of drug-likeness (QED) is 0.234. The molecule has 1 atom stereocenters. The SMILES string of the molecule is CCCCc1ccc(NC2=Nc3ccccc3N3C2=Nc2c(c(C)nn2-c2ccccc2)C3c2cccs2)cc1. The smallest absolute Gasteiger partial charge is 0.179 e. The van der Waals surface area contributed by atoms with Gasteiger partial charge in [0.1, 0.15) is 6.04 Å². The minimum atomic E-state index is -0.0789. The minimum absolute atomic E-state index is 0.0789. The first-order valence-corrected chi connectivity index (χ1v) is 14.7. The number of para-hydroxylation sites is 3. The standard InChI is InChI=1S/C33H30N6S/c1-3-4-11-23-17-19-24(20-18-23)34-31-33-36-32-29(22(2)37-39(32)25-12-6-5-7-13-25)30(28-16-10-21-40-28)38(33)27-15-9-8-14-26(27)35-31/h5-10,12-21,30H,3-4,11H2,1-2H3,(H,34,35). The van der Waals surface area contributed by atoms with E-state index in [0.29, 0.717) is 0 Å². The van der Waals surface area contributed by atoms with Crippen LogP contribution in [0.5, 0.6) is 0 Å². The molecule has 0 amide bonds. The summed E-state index contributed by atoms with van der Waals surface area (Å²) in [4.78, 5) is 14.0. The summed E-state index contributed by atoms with van der Waals surface area (Å²) in [5.74, 6) is 2.36. The van der Waals surface area contributed by atoms with Crippen LogP contribution in [0, 0.1) is 6.92 Å². The topological polar surface area (TPSA) is 57.8 Å². The third kappa shape index (κ3) is 4.23. The zero-order chi connectivity index (χ0) is 27.1. The predicted molar refractivity (Wildman–Crippen MR) is 166 cm³/mol. The van der Waals surface area contributed by atoms with Gasteiger partial charge in [-0.15, -0.1) is 11.3 Å². The molecule has 2 aromatic heterocycles. The van der Waals surface area contributed by atoms with E-state index in [1.54, 1.807) is 11.3 Å². The highest BCUT2D eigenvalue weighted by Gasteiger charge is 2.41. The molecule has 0 saturated heterocycles. The summed E-state index contributed by atoms with van der Waals surface area (Å²) in [6.45, 7) is 4.31. The van der Waals surface area contributed by atoms with Crippen LogP contribution in [0.15, 0.2) is 106 Å². The number of hydrogen-bond donors (Lipinski definition) is 1. The molecule has 0 radical (unpaired) electrons. The maximum atomic E-state index is 5.31. The number of aromatic nitrogens is 2. The Morgan fingerprint density at radius 2 is 1.68 bits per heavy atom. The molecule has 0 fully saturated rings. The first kappa shape index (κ1) is 24.5. The van der Waals surface area contributed by atoms with Gasteiger partial charge in [0.05, 0.1) is 22.8 Å². The molecule has 7 rings (SSSR count). The lowest BCUT2D eigenvalue weighted by Gasteiger charge is -2.40. The van der Waals surface area contributed by atoms with Crippen LogP contribution in [-0.2, 0) is 6.42 Å². The van der Waals surface area contributed by atoms with Crippen molar-refractivity contribution in [3.8, 4) is 5.69 Å². The van der Waals surface area contributed by atoms with Crippen LogP contribution in [0.3, 0.4) is 0 Å². The molecule has 0 saturated carbocycles. The maximum absolute atomic E-state index is 5.31. The van der Waals surface area contributed by atoms with Gasteiger partial charge in [-0.25, -0.2) is 14.7 Å². The summed E-state index contributed by atoms with van der Waals surface area (Å²) in [5.41, 5.74) is 7.37. The molecule has 1 N–H and O–H groups in total. The molecule has 3 aromatic carbocycles. The van der Waals surface area contributed by atoms with E-state index >= 15 is 0 Å². The number of unbranched alkanes of at least 4 members (excludes halogenated alkanes) is 1. The van der Waals surface area contributed by atoms with E-state index in [1.165, 1.54) is 23.3 Å². The van der Waals surface area contributed by atoms with Crippen molar-refractivity contribution in [2.45, 2.75) is 39.2 Å². The predicted octanol–water partition coefficient (Wildman–Crippen LogP) is 8.38. The lowest BCUT2D eigenvalue weighted by Crippen LogP contribution is -2.46. The average Bonchev–Trinajstić information content (AvgIpc) is 3.65. The van der Waals surface area contributed by atoms with Gasteiger partial charge >= 0.3 is 0 Å². The minimum Gasteiger partial charge on any atom is -0.337 e. The number of amidine groups is 2. The number of nitrogens with one attached hydrogen (secondary N) is 1. The summed E-state index contributed by atoms with van der Waals surface area (Å²) < 4.78 is 1.97. The molecule has 0 bridgehead atoms. The van der Waals surface area contributed by atoms with Crippen molar-refractivity contribution in [2.24, 2.45) is 9.98 Å². The Bertz CT molecular complexity index is 1710. The largest absolute Gasteiger partial charge is 0.337 e. The van der Waals surface area contributed by atoms with Gasteiger partial charge in [0.25, 0.3) is 0 Å². The number of thiophene rings is 1. The first-order valence-electron chi connectivity index (χ1n) is 13.8. The van der Waals surface area contributed by atoms with E-state index in [9.17, 15) is 0 Å².